The first kappa shape index (κ1) is 18.8. The largest absolute Gasteiger partial charge is 0.356 e. The van der Waals surface area contributed by atoms with Gasteiger partial charge in [0, 0.05) is 21.9 Å². The first-order valence-corrected chi connectivity index (χ1v) is 9.12. The molecule has 0 heterocycles. The van der Waals surface area contributed by atoms with Crippen molar-refractivity contribution in [3.05, 3.63) is 33.4 Å². The summed E-state index contributed by atoms with van der Waals surface area (Å²) in [5.41, 5.74) is 6.86. The predicted molar refractivity (Wildman–Crippen MR) is 101 cm³/mol. The predicted octanol–water partition coefficient (Wildman–Crippen LogP) is 3.51. The first-order chi connectivity index (χ1) is 10.1. The second kappa shape index (κ2) is 11.3. The van der Waals surface area contributed by atoms with Crippen LogP contribution in [0.2, 0.25) is 0 Å². The van der Waals surface area contributed by atoms with Crippen LogP contribution in [0.4, 0.5) is 0 Å². The Hall–Kier alpha value is -0.270. The van der Waals surface area contributed by atoms with E-state index >= 15 is 0 Å². The molecule has 0 aliphatic rings. The Morgan fingerprint density at radius 2 is 1.90 bits per heavy atom. The fraction of sp³-hybridized carbons (Fsp3) is 0.562. The number of carbonyl (C=O) groups is 1. The van der Waals surface area contributed by atoms with Crippen molar-refractivity contribution < 1.29 is 4.79 Å². The third kappa shape index (κ3) is 10.1. The zero-order valence-electron chi connectivity index (χ0n) is 12.4. The number of nitrogens with one attached hydrogen (secondary N) is 1. The van der Waals surface area contributed by atoms with Crippen LogP contribution in [0.5, 0.6) is 0 Å². The number of benzene rings is 1. The zero-order valence-corrected chi connectivity index (χ0v) is 15.4. The smallest absolute Gasteiger partial charge is 0.220 e. The molecule has 0 fully saturated rings. The van der Waals surface area contributed by atoms with Gasteiger partial charge in [0.05, 0.1) is 0 Å². The molecule has 0 radical (unpaired) electrons. The van der Waals surface area contributed by atoms with E-state index in [1.807, 2.05) is 0 Å². The molecule has 1 unspecified atom stereocenters. The number of amides is 1. The van der Waals surface area contributed by atoms with Gasteiger partial charge in [-0.15, -0.1) is 0 Å². The molecule has 1 atom stereocenters. The molecule has 1 rings (SSSR count). The summed E-state index contributed by atoms with van der Waals surface area (Å²) in [5, 5.41) is 2.96. The lowest BCUT2D eigenvalue weighted by molar-refractivity contribution is -0.121. The lowest BCUT2D eigenvalue weighted by Crippen LogP contribution is -2.24. The highest BCUT2D eigenvalue weighted by Gasteiger charge is 2.01. The van der Waals surface area contributed by atoms with E-state index in [0.29, 0.717) is 6.42 Å². The summed E-state index contributed by atoms with van der Waals surface area (Å²) in [5.74, 6) is 0.159. The SMILES string of the molecule is NC(S)CCCCCNC(=O)CCCc1ccc(I)cc1. The average Bonchev–Trinajstić information content (AvgIpc) is 2.44. The number of aryl methyl sites for hydroxylation is 1. The lowest BCUT2D eigenvalue weighted by Gasteiger charge is -2.06. The van der Waals surface area contributed by atoms with E-state index < -0.39 is 0 Å². The summed E-state index contributed by atoms with van der Waals surface area (Å²) < 4.78 is 1.24. The minimum Gasteiger partial charge on any atom is -0.356 e. The molecule has 0 aliphatic carbocycles. The topological polar surface area (TPSA) is 55.1 Å². The van der Waals surface area contributed by atoms with Gasteiger partial charge in [-0.2, -0.15) is 12.6 Å². The number of nitrogens with two attached hydrogens (primary N) is 1. The molecule has 1 aromatic carbocycles. The van der Waals surface area contributed by atoms with Crippen molar-refractivity contribution in [2.45, 2.75) is 50.3 Å². The molecular weight excluding hydrogens is 395 g/mol. The van der Waals surface area contributed by atoms with Crippen molar-refractivity contribution in [1.29, 1.82) is 0 Å². The van der Waals surface area contributed by atoms with Crippen molar-refractivity contribution >= 4 is 41.1 Å². The summed E-state index contributed by atoms with van der Waals surface area (Å²) in [7, 11) is 0. The highest BCUT2D eigenvalue weighted by Crippen LogP contribution is 2.09. The fourth-order valence-corrected chi connectivity index (χ4v) is 2.62. The van der Waals surface area contributed by atoms with Gasteiger partial charge < -0.3 is 11.1 Å². The maximum atomic E-state index is 11.7. The third-order valence-corrected chi connectivity index (χ3v) is 4.26. The molecule has 0 saturated carbocycles. The summed E-state index contributed by atoms with van der Waals surface area (Å²) in [6, 6.07) is 8.47. The number of unbranched alkanes of at least 4 members (excludes halogenated alkanes) is 2. The Morgan fingerprint density at radius 1 is 1.19 bits per heavy atom. The molecule has 5 heteroatoms. The number of hydrogen-bond donors (Lipinski definition) is 3. The second-order valence-electron chi connectivity index (χ2n) is 5.25. The molecular formula is C16H25IN2OS. The molecule has 0 aliphatic heterocycles. The maximum Gasteiger partial charge on any atom is 0.220 e. The molecule has 0 spiro atoms. The summed E-state index contributed by atoms with van der Waals surface area (Å²) in [4.78, 5) is 11.7. The van der Waals surface area contributed by atoms with Gasteiger partial charge in [-0.3, -0.25) is 4.79 Å². The quantitative estimate of drug-likeness (QED) is 0.235. The highest BCUT2D eigenvalue weighted by molar-refractivity contribution is 14.1. The van der Waals surface area contributed by atoms with E-state index in [4.69, 9.17) is 5.73 Å². The van der Waals surface area contributed by atoms with Crippen molar-refractivity contribution in [2.24, 2.45) is 5.73 Å². The fourth-order valence-electron chi connectivity index (χ4n) is 2.08. The molecule has 3 nitrogen and oxygen atoms in total. The Labute approximate surface area is 147 Å². The van der Waals surface area contributed by atoms with Gasteiger partial charge in [-0.25, -0.2) is 0 Å². The van der Waals surface area contributed by atoms with Crippen LogP contribution in [0.15, 0.2) is 24.3 Å². The van der Waals surface area contributed by atoms with Crippen LogP contribution in [0, 0.1) is 3.57 Å². The molecule has 1 amide bonds. The first-order valence-electron chi connectivity index (χ1n) is 7.52. The van der Waals surface area contributed by atoms with Crippen molar-refractivity contribution in [3.8, 4) is 0 Å². The third-order valence-electron chi connectivity index (χ3n) is 3.28. The molecule has 1 aromatic rings. The van der Waals surface area contributed by atoms with E-state index in [9.17, 15) is 4.79 Å². The molecule has 118 valence electrons. The molecule has 0 aromatic heterocycles. The Kier molecular flexibility index (Phi) is 10.1. The molecule has 0 bridgehead atoms. The van der Waals surface area contributed by atoms with E-state index in [0.717, 1.165) is 45.1 Å². The number of rotatable bonds is 10. The summed E-state index contributed by atoms with van der Waals surface area (Å²) in [6.07, 6.45) is 6.60. The van der Waals surface area contributed by atoms with Gasteiger partial charge >= 0.3 is 0 Å². The average molecular weight is 420 g/mol. The van der Waals surface area contributed by atoms with Crippen LogP contribution in [0.3, 0.4) is 0 Å². The Bertz CT molecular complexity index is 409. The summed E-state index contributed by atoms with van der Waals surface area (Å²) in [6.45, 7) is 0.768. The number of carbonyl (C=O) groups excluding carboxylic acids is 1. The van der Waals surface area contributed by atoms with Gasteiger partial charge in [0.15, 0.2) is 0 Å². The Balaban J connectivity index is 2.00. The molecule has 3 N–H and O–H groups in total. The minimum atomic E-state index is -0.0131. The van der Waals surface area contributed by atoms with Crippen LogP contribution in [-0.2, 0) is 11.2 Å². The van der Waals surface area contributed by atoms with Crippen molar-refractivity contribution in [3.63, 3.8) is 0 Å². The van der Waals surface area contributed by atoms with Gasteiger partial charge in [0.25, 0.3) is 0 Å². The molecule has 21 heavy (non-hydrogen) atoms. The second-order valence-corrected chi connectivity index (χ2v) is 7.16. The number of halogens is 1. The van der Waals surface area contributed by atoms with Gasteiger partial charge in [0.1, 0.15) is 0 Å². The van der Waals surface area contributed by atoms with Gasteiger partial charge in [-0.05, 0) is 66.0 Å². The summed E-state index contributed by atoms with van der Waals surface area (Å²) >= 11 is 6.43. The van der Waals surface area contributed by atoms with E-state index in [2.05, 4.69) is 64.8 Å². The monoisotopic (exact) mass is 420 g/mol. The van der Waals surface area contributed by atoms with Crippen LogP contribution >= 0.6 is 35.2 Å². The van der Waals surface area contributed by atoms with Crippen LogP contribution < -0.4 is 11.1 Å². The van der Waals surface area contributed by atoms with Crippen LogP contribution in [0.25, 0.3) is 0 Å². The van der Waals surface area contributed by atoms with Gasteiger partial charge in [-0.1, -0.05) is 25.0 Å². The number of thiol groups is 1. The zero-order chi connectivity index (χ0) is 15.5. The van der Waals surface area contributed by atoms with Gasteiger partial charge in [0.2, 0.25) is 5.91 Å². The standard InChI is InChI=1S/C16H25IN2OS/c17-14-10-8-13(9-11-14)5-4-7-16(20)19-12-3-1-2-6-15(18)21/h8-11,15,21H,1-7,12,18H2,(H,19,20). The Morgan fingerprint density at radius 3 is 2.57 bits per heavy atom. The molecule has 0 saturated heterocycles. The van der Waals surface area contributed by atoms with E-state index in [1.165, 1.54) is 9.13 Å². The highest BCUT2D eigenvalue weighted by atomic mass is 127. The van der Waals surface area contributed by atoms with E-state index in [-0.39, 0.29) is 11.3 Å². The maximum absolute atomic E-state index is 11.7. The normalized spacial score (nSPS) is 12.1. The minimum absolute atomic E-state index is 0.0131. The number of hydrogen-bond acceptors (Lipinski definition) is 3. The van der Waals surface area contributed by atoms with E-state index in [1.54, 1.807) is 0 Å². The van der Waals surface area contributed by atoms with Crippen molar-refractivity contribution in [1.82, 2.24) is 5.32 Å². The van der Waals surface area contributed by atoms with Crippen molar-refractivity contribution in [2.75, 3.05) is 6.54 Å². The van der Waals surface area contributed by atoms with Crippen LogP contribution in [0.1, 0.15) is 44.1 Å². The lowest BCUT2D eigenvalue weighted by atomic mass is 10.1. The van der Waals surface area contributed by atoms with Crippen LogP contribution in [-0.4, -0.2) is 17.8 Å².